The number of carboxylic acids is 1. The molecule has 0 saturated heterocycles. The molecule has 0 aliphatic heterocycles. The number of nitrogens with two attached hydrogens (primary N) is 1. The highest BCUT2D eigenvalue weighted by Gasteiger charge is 2.12. The maximum absolute atomic E-state index is 10.7. The largest absolute Gasteiger partial charge is 0.493 e. The Kier molecular flexibility index (Phi) is 8.15. The molecule has 142 valence electrons. The monoisotopic (exact) mass is 451 g/mol. The maximum Gasteiger partial charge on any atom is 0.341 e. The summed E-state index contributed by atoms with van der Waals surface area (Å²) in [5.74, 6) is 0.314. The predicted octanol–water partition coefficient (Wildman–Crippen LogP) is 3.50. The van der Waals surface area contributed by atoms with Crippen LogP contribution in [0.15, 0.2) is 57.1 Å². The van der Waals surface area contributed by atoms with Crippen molar-refractivity contribution in [3.8, 4) is 11.5 Å². The van der Waals surface area contributed by atoms with Gasteiger partial charge in [0.25, 0.3) is 0 Å². The van der Waals surface area contributed by atoms with Crippen LogP contribution in [0.2, 0.25) is 0 Å². The Hall–Kier alpha value is -2.52. The summed E-state index contributed by atoms with van der Waals surface area (Å²) in [6, 6.07) is 13.3. The third kappa shape index (κ3) is 6.95. The normalized spacial score (nSPS) is 11.6. The number of halogens is 1. The molecule has 0 amide bonds. The van der Waals surface area contributed by atoms with Gasteiger partial charge in [-0.3, -0.25) is 0 Å². The minimum Gasteiger partial charge on any atom is -0.493 e. The smallest absolute Gasteiger partial charge is 0.341 e. The zero-order valence-electron chi connectivity index (χ0n) is 14.5. The van der Waals surface area contributed by atoms with Crippen LogP contribution in [0.25, 0.3) is 0 Å². The molecule has 27 heavy (non-hydrogen) atoms. The van der Waals surface area contributed by atoms with Crippen LogP contribution in [0.3, 0.4) is 0 Å². The fraction of sp³-hybridized carbons (Fsp3) is 0.167. The Morgan fingerprint density at radius 1 is 1.33 bits per heavy atom. The van der Waals surface area contributed by atoms with Gasteiger partial charge in [-0.2, -0.15) is 5.10 Å². The van der Waals surface area contributed by atoms with Gasteiger partial charge in [0.05, 0.1) is 17.8 Å². The minimum absolute atomic E-state index is 0.304. The summed E-state index contributed by atoms with van der Waals surface area (Å²) in [5.41, 5.74) is 7.69. The van der Waals surface area contributed by atoms with E-state index in [4.69, 9.17) is 20.3 Å². The number of amidine groups is 1. The zero-order valence-corrected chi connectivity index (χ0v) is 16.9. The summed E-state index contributed by atoms with van der Waals surface area (Å²) in [4.78, 5) is 10.7. The highest BCUT2D eigenvalue weighted by atomic mass is 79.9. The Balaban J connectivity index is 2.02. The molecule has 9 heteroatoms. The van der Waals surface area contributed by atoms with Crippen molar-refractivity contribution in [2.24, 2.45) is 15.9 Å². The van der Waals surface area contributed by atoms with E-state index in [1.165, 1.54) is 25.1 Å². The van der Waals surface area contributed by atoms with E-state index in [0.717, 1.165) is 5.56 Å². The van der Waals surface area contributed by atoms with E-state index in [1.807, 2.05) is 30.3 Å². The van der Waals surface area contributed by atoms with Gasteiger partial charge in [-0.1, -0.05) is 42.1 Å². The number of aliphatic carboxylic acids is 1. The third-order valence-electron chi connectivity index (χ3n) is 3.18. The Labute approximate surface area is 169 Å². The van der Waals surface area contributed by atoms with Crippen LogP contribution in [0, 0.1) is 0 Å². The summed E-state index contributed by atoms with van der Waals surface area (Å²) < 4.78 is 11.0. The van der Waals surface area contributed by atoms with E-state index in [-0.39, 0.29) is 0 Å². The van der Waals surface area contributed by atoms with Gasteiger partial charge in [0.15, 0.2) is 23.3 Å². The number of rotatable bonds is 8. The van der Waals surface area contributed by atoms with Crippen molar-refractivity contribution >= 4 is 45.0 Å². The number of carboxylic acid groups (broad SMARTS) is 1. The molecule has 0 unspecified atom stereocenters. The van der Waals surface area contributed by atoms with Gasteiger partial charge < -0.3 is 20.3 Å². The van der Waals surface area contributed by atoms with E-state index in [0.29, 0.717) is 32.5 Å². The summed E-state index contributed by atoms with van der Waals surface area (Å²) in [6.07, 6.45) is 1.52. The second-order valence-corrected chi connectivity index (χ2v) is 7.02. The van der Waals surface area contributed by atoms with Crippen LogP contribution in [-0.2, 0) is 10.5 Å². The molecule has 3 N–H and O–H groups in total. The number of carbonyl (C=O) groups is 1. The average Bonchev–Trinajstić information content (AvgIpc) is 2.65. The van der Waals surface area contributed by atoms with Gasteiger partial charge in [0, 0.05) is 5.75 Å². The molecular formula is C18H18BrN3O4S. The van der Waals surface area contributed by atoms with Crippen LogP contribution in [-0.4, -0.2) is 36.2 Å². The average molecular weight is 452 g/mol. The molecule has 7 nitrogen and oxygen atoms in total. The van der Waals surface area contributed by atoms with Gasteiger partial charge in [0.1, 0.15) is 0 Å². The van der Waals surface area contributed by atoms with Crippen molar-refractivity contribution in [1.82, 2.24) is 0 Å². The van der Waals surface area contributed by atoms with Crippen molar-refractivity contribution in [1.29, 1.82) is 0 Å². The fourth-order valence-electron chi connectivity index (χ4n) is 2.00. The molecule has 0 spiro atoms. The third-order valence-corrected chi connectivity index (χ3v) is 4.63. The molecule has 0 radical (unpaired) electrons. The second-order valence-electron chi connectivity index (χ2n) is 5.17. The molecule has 0 heterocycles. The molecule has 2 rings (SSSR count). The quantitative estimate of drug-likeness (QED) is 0.361. The summed E-state index contributed by atoms with van der Waals surface area (Å²) in [6.45, 7) is -0.470. The SMILES string of the molecule is COc1cc(C=NN=C(N)SCc2ccccc2)cc(Br)c1OCC(=O)O. The van der Waals surface area contributed by atoms with Gasteiger partial charge in [-0.25, -0.2) is 4.79 Å². The van der Waals surface area contributed by atoms with Crippen LogP contribution in [0.5, 0.6) is 11.5 Å². The number of hydrogen-bond acceptors (Lipinski definition) is 6. The molecule has 2 aromatic rings. The molecule has 0 fully saturated rings. The van der Waals surface area contributed by atoms with E-state index in [1.54, 1.807) is 12.1 Å². The standard InChI is InChI=1S/C18H18BrN3O4S/c1-25-15-8-13(7-14(19)17(15)26-10-16(23)24)9-21-22-18(20)27-11-12-5-3-2-4-6-12/h2-9H,10-11H2,1H3,(H2,20,22)(H,23,24). The van der Waals surface area contributed by atoms with Crippen LogP contribution in [0.1, 0.15) is 11.1 Å². The van der Waals surface area contributed by atoms with Gasteiger partial charge in [0.2, 0.25) is 0 Å². The molecule has 0 aliphatic carbocycles. The van der Waals surface area contributed by atoms with Crippen molar-refractivity contribution in [3.63, 3.8) is 0 Å². The Morgan fingerprint density at radius 3 is 2.74 bits per heavy atom. The Bertz CT molecular complexity index is 844. The fourth-order valence-corrected chi connectivity index (χ4v) is 3.19. The molecule has 0 aliphatic rings. The number of ether oxygens (including phenoxy) is 2. The van der Waals surface area contributed by atoms with Crippen LogP contribution >= 0.6 is 27.7 Å². The van der Waals surface area contributed by atoms with Gasteiger partial charge in [-0.15, -0.1) is 5.10 Å². The highest BCUT2D eigenvalue weighted by molar-refractivity contribution is 9.10. The minimum atomic E-state index is -1.08. The highest BCUT2D eigenvalue weighted by Crippen LogP contribution is 2.36. The van der Waals surface area contributed by atoms with E-state index >= 15 is 0 Å². The second kappa shape index (κ2) is 10.6. The molecule has 0 atom stereocenters. The van der Waals surface area contributed by atoms with Gasteiger partial charge in [-0.05, 0) is 39.2 Å². The van der Waals surface area contributed by atoms with E-state index in [2.05, 4.69) is 26.1 Å². The molecule has 0 aromatic heterocycles. The maximum atomic E-state index is 10.7. The topological polar surface area (TPSA) is 107 Å². The van der Waals surface area contributed by atoms with Crippen molar-refractivity contribution in [2.45, 2.75) is 5.75 Å². The number of hydrogen-bond donors (Lipinski definition) is 2. The summed E-state index contributed by atoms with van der Waals surface area (Å²) >= 11 is 4.73. The molecule has 0 saturated carbocycles. The van der Waals surface area contributed by atoms with E-state index < -0.39 is 12.6 Å². The summed E-state index contributed by atoms with van der Waals surface area (Å²) in [5, 5.41) is 17.0. The lowest BCUT2D eigenvalue weighted by Crippen LogP contribution is -2.10. The lowest BCUT2D eigenvalue weighted by Gasteiger charge is -2.11. The number of methoxy groups -OCH3 is 1. The number of thioether (sulfide) groups is 1. The first-order valence-electron chi connectivity index (χ1n) is 7.75. The first-order chi connectivity index (χ1) is 13.0. The predicted molar refractivity (Wildman–Crippen MR) is 111 cm³/mol. The molecule has 2 aromatic carbocycles. The van der Waals surface area contributed by atoms with Crippen molar-refractivity contribution in [3.05, 3.63) is 58.1 Å². The van der Waals surface area contributed by atoms with Crippen molar-refractivity contribution in [2.75, 3.05) is 13.7 Å². The van der Waals surface area contributed by atoms with Crippen LogP contribution in [0.4, 0.5) is 0 Å². The lowest BCUT2D eigenvalue weighted by atomic mass is 10.2. The summed E-state index contributed by atoms with van der Waals surface area (Å²) in [7, 11) is 1.46. The number of benzene rings is 2. The first-order valence-corrected chi connectivity index (χ1v) is 9.52. The zero-order chi connectivity index (χ0) is 19.6. The van der Waals surface area contributed by atoms with Crippen LogP contribution < -0.4 is 15.2 Å². The number of nitrogens with zero attached hydrogens (tertiary/aromatic N) is 2. The molecular weight excluding hydrogens is 434 g/mol. The van der Waals surface area contributed by atoms with E-state index in [9.17, 15) is 4.79 Å². The first kappa shape index (κ1) is 20.8. The van der Waals surface area contributed by atoms with Crippen molar-refractivity contribution < 1.29 is 19.4 Å². The molecule has 0 bridgehead atoms. The van der Waals surface area contributed by atoms with Gasteiger partial charge >= 0.3 is 5.97 Å². The lowest BCUT2D eigenvalue weighted by molar-refractivity contribution is -0.139. The Morgan fingerprint density at radius 2 is 2.07 bits per heavy atom.